The van der Waals surface area contributed by atoms with Crippen molar-refractivity contribution in [2.75, 3.05) is 36.7 Å². The van der Waals surface area contributed by atoms with Crippen LogP contribution in [0.1, 0.15) is 6.92 Å². The predicted octanol–water partition coefficient (Wildman–Crippen LogP) is 3.55. The molecular weight excluding hydrogens is 383 g/mol. The Balaban J connectivity index is 1.74. The molecule has 2 aromatic rings. The van der Waals surface area contributed by atoms with Crippen molar-refractivity contribution in [1.29, 1.82) is 0 Å². The highest BCUT2D eigenvalue weighted by molar-refractivity contribution is 8.01. The van der Waals surface area contributed by atoms with Gasteiger partial charge in [-0.25, -0.2) is 4.39 Å². The first kappa shape index (κ1) is 21.7. The van der Waals surface area contributed by atoms with E-state index in [9.17, 15) is 14.0 Å². The van der Waals surface area contributed by atoms with E-state index in [0.717, 1.165) is 0 Å². The number of carbonyl (C=O) groups is 2. The summed E-state index contributed by atoms with van der Waals surface area (Å²) in [6.07, 6.45) is 0. The average molecular weight is 406 g/mol. The molecule has 0 aliphatic heterocycles. The molecule has 150 valence electrons. The average Bonchev–Trinajstić information content (AvgIpc) is 2.69. The molecule has 6 nitrogen and oxygen atoms in total. The Bertz CT molecular complexity index is 769. The van der Waals surface area contributed by atoms with Gasteiger partial charge in [-0.1, -0.05) is 0 Å². The maximum Gasteiger partial charge on any atom is 0.237 e. The molecule has 0 saturated carbocycles. The van der Waals surface area contributed by atoms with Crippen molar-refractivity contribution < 1.29 is 23.5 Å². The van der Waals surface area contributed by atoms with Crippen LogP contribution in [0.2, 0.25) is 0 Å². The van der Waals surface area contributed by atoms with Crippen LogP contribution in [0.15, 0.2) is 48.5 Å². The molecule has 2 amide bonds. The highest BCUT2D eigenvalue weighted by atomic mass is 32.2. The van der Waals surface area contributed by atoms with Gasteiger partial charge in [-0.05, 0) is 55.5 Å². The van der Waals surface area contributed by atoms with Gasteiger partial charge in [-0.15, -0.1) is 11.8 Å². The predicted molar refractivity (Wildman–Crippen MR) is 109 cm³/mol. The van der Waals surface area contributed by atoms with E-state index in [-0.39, 0.29) is 23.4 Å². The minimum Gasteiger partial charge on any atom is -0.491 e. The summed E-state index contributed by atoms with van der Waals surface area (Å²) < 4.78 is 23.2. The number of halogens is 1. The van der Waals surface area contributed by atoms with Crippen LogP contribution in [0, 0.1) is 5.82 Å². The van der Waals surface area contributed by atoms with Crippen LogP contribution in [0.25, 0.3) is 0 Å². The summed E-state index contributed by atoms with van der Waals surface area (Å²) in [7, 11) is 1.60. The first-order chi connectivity index (χ1) is 13.5. The second-order valence-corrected chi connectivity index (χ2v) is 7.19. The van der Waals surface area contributed by atoms with Crippen molar-refractivity contribution in [2.45, 2.75) is 12.2 Å². The number of amides is 2. The van der Waals surface area contributed by atoms with Crippen molar-refractivity contribution in [3.05, 3.63) is 54.3 Å². The molecule has 0 aliphatic rings. The van der Waals surface area contributed by atoms with Gasteiger partial charge in [0.2, 0.25) is 11.8 Å². The molecule has 1 atom stereocenters. The second-order valence-electron chi connectivity index (χ2n) is 5.86. The zero-order valence-corrected chi connectivity index (χ0v) is 16.6. The van der Waals surface area contributed by atoms with Crippen LogP contribution in [0.5, 0.6) is 5.75 Å². The Morgan fingerprint density at radius 2 is 1.61 bits per heavy atom. The molecule has 2 aromatic carbocycles. The maximum absolute atomic E-state index is 12.9. The summed E-state index contributed by atoms with van der Waals surface area (Å²) in [5.41, 5.74) is 1.16. The summed E-state index contributed by atoms with van der Waals surface area (Å²) in [6.45, 7) is 2.69. The monoisotopic (exact) mass is 406 g/mol. The molecule has 0 saturated heterocycles. The standard InChI is InChI=1S/C20H23FN2O4S/c1-14(28-13-19(24)22-16-5-3-15(21)4-6-16)20(25)23-17-7-9-18(10-8-17)27-12-11-26-2/h3-10,14H,11-13H2,1-2H3,(H,22,24)(H,23,25). The fraction of sp³-hybridized carbons (Fsp3) is 0.300. The van der Waals surface area contributed by atoms with E-state index >= 15 is 0 Å². The number of hydrogen-bond acceptors (Lipinski definition) is 5. The van der Waals surface area contributed by atoms with Crippen molar-refractivity contribution in [1.82, 2.24) is 0 Å². The van der Waals surface area contributed by atoms with Crippen molar-refractivity contribution in [3.8, 4) is 5.75 Å². The molecule has 0 heterocycles. The van der Waals surface area contributed by atoms with Crippen LogP contribution >= 0.6 is 11.8 Å². The first-order valence-electron chi connectivity index (χ1n) is 8.67. The number of nitrogens with one attached hydrogen (secondary N) is 2. The fourth-order valence-corrected chi connectivity index (χ4v) is 2.81. The van der Waals surface area contributed by atoms with Crippen LogP contribution < -0.4 is 15.4 Å². The molecule has 0 bridgehead atoms. The third kappa shape index (κ3) is 7.58. The molecule has 0 spiro atoms. The summed E-state index contributed by atoms with van der Waals surface area (Å²) >= 11 is 1.21. The number of ether oxygens (including phenoxy) is 2. The Morgan fingerprint density at radius 3 is 2.25 bits per heavy atom. The van der Waals surface area contributed by atoms with Crippen LogP contribution in [0.4, 0.5) is 15.8 Å². The Kier molecular flexibility index (Phi) is 8.77. The topological polar surface area (TPSA) is 76.7 Å². The third-order valence-electron chi connectivity index (χ3n) is 3.64. The zero-order valence-electron chi connectivity index (χ0n) is 15.7. The largest absolute Gasteiger partial charge is 0.491 e. The lowest BCUT2D eigenvalue weighted by molar-refractivity contribution is -0.115. The summed E-state index contributed by atoms with van der Waals surface area (Å²) in [6, 6.07) is 12.5. The number of thioether (sulfide) groups is 1. The van der Waals surface area contributed by atoms with Gasteiger partial charge < -0.3 is 20.1 Å². The van der Waals surface area contributed by atoms with E-state index < -0.39 is 5.25 Å². The number of carbonyl (C=O) groups excluding carboxylic acids is 2. The smallest absolute Gasteiger partial charge is 0.237 e. The molecule has 8 heteroatoms. The number of anilines is 2. The molecule has 2 rings (SSSR count). The number of benzene rings is 2. The molecule has 1 unspecified atom stereocenters. The van der Waals surface area contributed by atoms with E-state index in [0.29, 0.717) is 30.3 Å². The number of rotatable bonds is 10. The Morgan fingerprint density at radius 1 is 1.00 bits per heavy atom. The summed E-state index contributed by atoms with van der Waals surface area (Å²) in [5.74, 6) is -0.0262. The van der Waals surface area contributed by atoms with Gasteiger partial charge in [0.25, 0.3) is 0 Å². The lowest BCUT2D eigenvalue weighted by Crippen LogP contribution is -2.25. The van der Waals surface area contributed by atoms with E-state index in [1.165, 1.54) is 36.0 Å². The first-order valence-corrected chi connectivity index (χ1v) is 9.72. The quantitative estimate of drug-likeness (QED) is 0.590. The molecular formula is C20H23FN2O4S. The van der Waals surface area contributed by atoms with Crippen molar-refractivity contribution >= 4 is 35.0 Å². The Hall–Kier alpha value is -2.58. The van der Waals surface area contributed by atoms with Crippen molar-refractivity contribution in [2.24, 2.45) is 0 Å². The van der Waals surface area contributed by atoms with Gasteiger partial charge in [0.15, 0.2) is 0 Å². The van der Waals surface area contributed by atoms with E-state index in [4.69, 9.17) is 9.47 Å². The lowest BCUT2D eigenvalue weighted by atomic mass is 10.3. The zero-order chi connectivity index (χ0) is 20.4. The minimum atomic E-state index is -0.420. The van der Waals surface area contributed by atoms with Gasteiger partial charge in [0, 0.05) is 18.5 Å². The highest BCUT2D eigenvalue weighted by Gasteiger charge is 2.15. The third-order valence-corrected chi connectivity index (χ3v) is 4.78. The summed E-state index contributed by atoms with van der Waals surface area (Å²) in [5, 5.41) is 5.04. The second kappa shape index (κ2) is 11.3. The van der Waals surface area contributed by atoms with E-state index in [1.807, 2.05) is 0 Å². The number of hydrogen-bond donors (Lipinski definition) is 2. The van der Waals surface area contributed by atoms with Gasteiger partial charge >= 0.3 is 0 Å². The lowest BCUT2D eigenvalue weighted by Gasteiger charge is -2.13. The van der Waals surface area contributed by atoms with Crippen molar-refractivity contribution in [3.63, 3.8) is 0 Å². The maximum atomic E-state index is 12.9. The van der Waals surface area contributed by atoms with E-state index in [1.54, 1.807) is 38.3 Å². The molecule has 0 radical (unpaired) electrons. The molecule has 28 heavy (non-hydrogen) atoms. The van der Waals surface area contributed by atoms with Crippen LogP contribution in [-0.2, 0) is 14.3 Å². The van der Waals surface area contributed by atoms with E-state index in [2.05, 4.69) is 10.6 Å². The van der Waals surface area contributed by atoms with Crippen LogP contribution in [0.3, 0.4) is 0 Å². The fourth-order valence-electron chi connectivity index (χ4n) is 2.13. The summed E-state index contributed by atoms with van der Waals surface area (Å²) in [4.78, 5) is 24.2. The molecule has 2 N–H and O–H groups in total. The normalized spacial score (nSPS) is 11.5. The SMILES string of the molecule is COCCOc1ccc(NC(=O)C(C)SCC(=O)Nc2ccc(F)cc2)cc1. The van der Waals surface area contributed by atoms with Gasteiger partial charge in [0.05, 0.1) is 17.6 Å². The molecule has 0 aromatic heterocycles. The Labute approximate surface area is 167 Å². The molecule has 0 fully saturated rings. The number of methoxy groups -OCH3 is 1. The van der Waals surface area contributed by atoms with Gasteiger partial charge in [-0.2, -0.15) is 0 Å². The minimum absolute atomic E-state index is 0.109. The highest BCUT2D eigenvalue weighted by Crippen LogP contribution is 2.18. The van der Waals surface area contributed by atoms with Gasteiger partial charge in [-0.3, -0.25) is 9.59 Å². The van der Waals surface area contributed by atoms with Gasteiger partial charge in [0.1, 0.15) is 18.2 Å². The van der Waals surface area contributed by atoms with Crippen LogP contribution in [-0.4, -0.2) is 43.1 Å². The molecule has 0 aliphatic carbocycles.